The van der Waals surface area contributed by atoms with Crippen LogP contribution in [0.1, 0.15) is 25.8 Å². The first kappa shape index (κ1) is 16.9. The smallest absolute Gasteiger partial charge is 0.240 e. The zero-order valence-electron chi connectivity index (χ0n) is 12.2. The van der Waals surface area contributed by atoms with Gasteiger partial charge in [0.2, 0.25) is 10.0 Å². The maximum absolute atomic E-state index is 12.3. The van der Waals surface area contributed by atoms with Gasteiger partial charge in [-0.2, -0.15) is 0 Å². The molecule has 0 radical (unpaired) electrons. The summed E-state index contributed by atoms with van der Waals surface area (Å²) in [7, 11) is -2.04. The topological polar surface area (TPSA) is 75.6 Å². The molecule has 0 spiro atoms. The number of aliphatic hydroxyl groups is 1. The highest BCUT2D eigenvalue weighted by Gasteiger charge is 2.19. The fraction of sp³-hybridized carbons (Fsp3) is 0.571. The van der Waals surface area contributed by atoms with E-state index in [1.54, 1.807) is 12.1 Å². The van der Waals surface area contributed by atoms with Gasteiger partial charge in [0, 0.05) is 13.2 Å². The van der Waals surface area contributed by atoms with Gasteiger partial charge in [0.1, 0.15) is 5.75 Å². The van der Waals surface area contributed by atoms with Crippen LogP contribution in [0, 0.1) is 5.92 Å². The van der Waals surface area contributed by atoms with Crippen LogP contribution in [0.15, 0.2) is 23.1 Å². The highest BCUT2D eigenvalue weighted by molar-refractivity contribution is 7.89. The lowest BCUT2D eigenvalue weighted by Gasteiger charge is -2.14. The fourth-order valence-electron chi connectivity index (χ4n) is 1.73. The molecule has 0 amide bonds. The van der Waals surface area contributed by atoms with Gasteiger partial charge in [-0.1, -0.05) is 20.3 Å². The van der Waals surface area contributed by atoms with Crippen LogP contribution < -0.4 is 9.46 Å². The summed E-state index contributed by atoms with van der Waals surface area (Å²) in [6, 6.07) is 4.77. The Morgan fingerprint density at radius 1 is 1.40 bits per heavy atom. The van der Waals surface area contributed by atoms with Gasteiger partial charge in [-0.3, -0.25) is 0 Å². The van der Waals surface area contributed by atoms with Crippen LogP contribution in [0.25, 0.3) is 0 Å². The Bertz CT molecular complexity index is 528. The second kappa shape index (κ2) is 7.61. The molecule has 0 fully saturated rings. The van der Waals surface area contributed by atoms with E-state index in [1.165, 1.54) is 13.2 Å². The minimum Gasteiger partial charge on any atom is -0.497 e. The molecule has 1 aromatic rings. The molecule has 1 unspecified atom stereocenters. The maximum atomic E-state index is 12.3. The molecule has 0 bridgehead atoms. The number of benzene rings is 1. The van der Waals surface area contributed by atoms with Crippen LogP contribution in [0.4, 0.5) is 0 Å². The summed E-state index contributed by atoms with van der Waals surface area (Å²) in [5.41, 5.74) is 0.559. The number of hydrogen-bond donors (Lipinski definition) is 2. The number of sulfonamides is 1. The Labute approximate surface area is 121 Å². The van der Waals surface area contributed by atoms with Crippen LogP contribution >= 0.6 is 0 Å². The Morgan fingerprint density at radius 3 is 2.65 bits per heavy atom. The molecule has 2 N–H and O–H groups in total. The first-order valence-electron chi connectivity index (χ1n) is 6.72. The van der Waals surface area contributed by atoms with E-state index in [9.17, 15) is 8.42 Å². The molecule has 1 rings (SSSR count). The van der Waals surface area contributed by atoms with E-state index in [4.69, 9.17) is 9.84 Å². The van der Waals surface area contributed by atoms with Crippen molar-refractivity contribution in [1.82, 2.24) is 4.72 Å². The summed E-state index contributed by atoms with van der Waals surface area (Å²) in [4.78, 5) is 0.204. The van der Waals surface area contributed by atoms with Crippen molar-refractivity contribution in [1.29, 1.82) is 0 Å². The molecular formula is C14H23NO4S. The average molecular weight is 301 g/mol. The Balaban J connectivity index is 3.03. The molecule has 0 aliphatic carbocycles. The second-order valence-corrected chi connectivity index (χ2v) is 6.55. The van der Waals surface area contributed by atoms with E-state index in [-0.39, 0.29) is 23.8 Å². The lowest BCUT2D eigenvalue weighted by atomic mass is 10.1. The van der Waals surface area contributed by atoms with Crippen molar-refractivity contribution in [2.75, 3.05) is 20.3 Å². The van der Waals surface area contributed by atoms with E-state index in [0.29, 0.717) is 17.9 Å². The number of methoxy groups -OCH3 is 1. The summed E-state index contributed by atoms with van der Waals surface area (Å²) in [6.07, 6.45) is 1.19. The minimum atomic E-state index is -3.56. The molecule has 0 heterocycles. The van der Waals surface area contributed by atoms with Gasteiger partial charge in [0.15, 0.2) is 0 Å². The lowest BCUT2D eigenvalue weighted by Crippen LogP contribution is -2.29. The van der Waals surface area contributed by atoms with Crippen molar-refractivity contribution in [3.8, 4) is 5.75 Å². The number of hydrogen-bond acceptors (Lipinski definition) is 4. The van der Waals surface area contributed by atoms with Crippen molar-refractivity contribution in [2.45, 2.75) is 31.6 Å². The van der Waals surface area contributed by atoms with E-state index < -0.39 is 10.0 Å². The van der Waals surface area contributed by atoms with Crippen LogP contribution in [0.5, 0.6) is 5.75 Å². The van der Waals surface area contributed by atoms with Crippen molar-refractivity contribution in [3.05, 3.63) is 23.8 Å². The molecule has 0 saturated heterocycles. The second-order valence-electron chi connectivity index (χ2n) is 4.81. The summed E-state index contributed by atoms with van der Waals surface area (Å²) < 4.78 is 32.3. The summed E-state index contributed by atoms with van der Waals surface area (Å²) in [5, 5.41) is 9.07. The highest BCUT2D eigenvalue weighted by atomic mass is 32.2. The summed E-state index contributed by atoms with van der Waals surface area (Å²) >= 11 is 0. The van der Waals surface area contributed by atoms with Crippen LogP contribution in [0.2, 0.25) is 0 Å². The minimum absolute atomic E-state index is 0.110. The quantitative estimate of drug-likeness (QED) is 0.764. The van der Waals surface area contributed by atoms with Gasteiger partial charge in [-0.25, -0.2) is 13.1 Å². The van der Waals surface area contributed by atoms with E-state index in [2.05, 4.69) is 4.72 Å². The van der Waals surface area contributed by atoms with E-state index in [1.807, 2.05) is 13.8 Å². The van der Waals surface area contributed by atoms with Gasteiger partial charge in [0.05, 0.1) is 12.0 Å². The molecule has 114 valence electrons. The Hall–Kier alpha value is -1.11. The first-order chi connectivity index (χ1) is 9.44. The normalized spacial score (nSPS) is 13.2. The summed E-state index contributed by atoms with van der Waals surface area (Å²) in [5.74, 6) is 0.860. The largest absolute Gasteiger partial charge is 0.497 e. The highest BCUT2D eigenvalue weighted by Crippen LogP contribution is 2.22. The number of rotatable bonds is 8. The predicted molar refractivity (Wildman–Crippen MR) is 78.4 cm³/mol. The zero-order chi connectivity index (χ0) is 15.2. The SMILES string of the molecule is CCC(C)CNS(=O)(=O)c1ccc(OC)cc1CCO. The number of ether oxygens (including phenoxy) is 1. The number of aliphatic hydroxyl groups excluding tert-OH is 1. The van der Waals surface area contributed by atoms with Gasteiger partial charge in [0.25, 0.3) is 0 Å². The monoisotopic (exact) mass is 301 g/mol. The lowest BCUT2D eigenvalue weighted by molar-refractivity contribution is 0.298. The number of nitrogens with one attached hydrogen (secondary N) is 1. The third-order valence-electron chi connectivity index (χ3n) is 3.26. The Morgan fingerprint density at radius 2 is 2.10 bits per heavy atom. The molecule has 6 heteroatoms. The first-order valence-corrected chi connectivity index (χ1v) is 8.20. The molecule has 0 aromatic heterocycles. The van der Waals surface area contributed by atoms with E-state index >= 15 is 0 Å². The van der Waals surface area contributed by atoms with Crippen LogP contribution in [-0.4, -0.2) is 33.8 Å². The standard InChI is InChI=1S/C14H23NO4S/c1-4-11(2)10-15-20(17,18)14-6-5-13(19-3)9-12(14)7-8-16/h5-6,9,11,15-16H,4,7-8,10H2,1-3H3. The Kier molecular flexibility index (Phi) is 6.45. The molecule has 0 aliphatic rings. The van der Waals surface area contributed by atoms with Gasteiger partial charge < -0.3 is 9.84 Å². The summed E-state index contributed by atoms with van der Waals surface area (Å²) in [6.45, 7) is 4.30. The van der Waals surface area contributed by atoms with Crippen molar-refractivity contribution in [2.24, 2.45) is 5.92 Å². The molecular weight excluding hydrogens is 278 g/mol. The van der Waals surface area contributed by atoms with Crippen molar-refractivity contribution >= 4 is 10.0 Å². The van der Waals surface area contributed by atoms with Crippen molar-refractivity contribution < 1.29 is 18.3 Å². The molecule has 1 atom stereocenters. The predicted octanol–water partition coefficient (Wildman–Crippen LogP) is 1.55. The third kappa shape index (κ3) is 4.47. The molecule has 5 nitrogen and oxygen atoms in total. The third-order valence-corrected chi connectivity index (χ3v) is 4.78. The van der Waals surface area contributed by atoms with Crippen LogP contribution in [-0.2, 0) is 16.4 Å². The molecule has 0 saturated carbocycles. The van der Waals surface area contributed by atoms with Gasteiger partial charge >= 0.3 is 0 Å². The van der Waals surface area contributed by atoms with Crippen molar-refractivity contribution in [3.63, 3.8) is 0 Å². The molecule has 0 aliphatic heterocycles. The molecule has 20 heavy (non-hydrogen) atoms. The fourth-order valence-corrected chi connectivity index (χ4v) is 3.15. The van der Waals surface area contributed by atoms with Crippen LogP contribution in [0.3, 0.4) is 0 Å². The van der Waals surface area contributed by atoms with E-state index in [0.717, 1.165) is 6.42 Å². The zero-order valence-corrected chi connectivity index (χ0v) is 13.0. The van der Waals surface area contributed by atoms with Gasteiger partial charge in [-0.05, 0) is 36.1 Å². The molecule has 1 aromatic carbocycles. The average Bonchev–Trinajstić information content (AvgIpc) is 2.44. The van der Waals surface area contributed by atoms with Gasteiger partial charge in [-0.15, -0.1) is 0 Å². The maximum Gasteiger partial charge on any atom is 0.240 e.